The molecule has 0 radical (unpaired) electrons. The Morgan fingerprint density at radius 2 is 2.12 bits per heavy atom. The molecule has 1 aliphatic rings. The van der Waals surface area contributed by atoms with Crippen LogP contribution in [0.15, 0.2) is 18.2 Å². The molecule has 0 aromatic heterocycles. The van der Waals surface area contributed by atoms with Gasteiger partial charge in [-0.25, -0.2) is 12.8 Å². The lowest BCUT2D eigenvalue weighted by Crippen LogP contribution is -2.12. The van der Waals surface area contributed by atoms with Gasteiger partial charge in [-0.2, -0.15) is 0 Å². The maximum absolute atomic E-state index is 13.5. The van der Waals surface area contributed by atoms with Crippen LogP contribution in [0.3, 0.4) is 0 Å². The average Bonchev–Trinajstić information content (AvgIpc) is 2.92. The van der Waals surface area contributed by atoms with Crippen molar-refractivity contribution in [3.8, 4) is 5.75 Å². The molecule has 0 saturated heterocycles. The van der Waals surface area contributed by atoms with Gasteiger partial charge >= 0.3 is 0 Å². The molecule has 1 aromatic rings. The molecule has 0 amide bonds. The second-order valence-corrected chi connectivity index (χ2v) is 5.56. The molecule has 0 unspecified atom stereocenters. The van der Waals surface area contributed by atoms with Gasteiger partial charge in [0.2, 0.25) is 10.0 Å². The van der Waals surface area contributed by atoms with E-state index in [1.54, 1.807) is 0 Å². The van der Waals surface area contributed by atoms with Crippen molar-refractivity contribution < 1.29 is 17.5 Å². The summed E-state index contributed by atoms with van der Waals surface area (Å²) in [6.07, 6.45) is 2.79. The minimum atomic E-state index is -3.43. The fourth-order valence-electron chi connectivity index (χ4n) is 1.26. The maximum Gasteiger partial charge on any atom is 0.229 e. The minimum absolute atomic E-state index is 0.0111. The highest BCUT2D eigenvalue weighted by Gasteiger charge is 2.26. The van der Waals surface area contributed by atoms with Crippen molar-refractivity contribution in [1.82, 2.24) is 0 Å². The summed E-state index contributed by atoms with van der Waals surface area (Å²) in [5, 5.41) is 0. The average molecular weight is 245 g/mol. The molecule has 6 heteroatoms. The van der Waals surface area contributed by atoms with E-state index in [1.807, 2.05) is 0 Å². The van der Waals surface area contributed by atoms with Gasteiger partial charge in [0.15, 0.2) is 11.6 Å². The topological polar surface area (TPSA) is 55.4 Å². The zero-order chi connectivity index (χ0) is 11.8. The first-order valence-electron chi connectivity index (χ1n) is 4.89. The molecule has 0 spiro atoms. The van der Waals surface area contributed by atoms with Gasteiger partial charge in [0.25, 0.3) is 0 Å². The summed E-state index contributed by atoms with van der Waals surface area (Å²) in [4.78, 5) is 0. The van der Waals surface area contributed by atoms with E-state index in [0.29, 0.717) is 0 Å². The highest BCUT2D eigenvalue weighted by atomic mass is 32.2. The summed E-state index contributed by atoms with van der Waals surface area (Å²) in [5.41, 5.74) is 0.148. The van der Waals surface area contributed by atoms with Gasteiger partial charge in [0.1, 0.15) is 0 Å². The molecule has 1 aromatic carbocycles. The van der Waals surface area contributed by atoms with Gasteiger partial charge in [0, 0.05) is 0 Å². The molecule has 1 saturated carbocycles. The third-order valence-electron chi connectivity index (χ3n) is 2.07. The van der Waals surface area contributed by atoms with Crippen LogP contribution in [0.1, 0.15) is 12.8 Å². The van der Waals surface area contributed by atoms with E-state index in [2.05, 4.69) is 4.72 Å². The number of benzene rings is 1. The molecule has 0 atom stereocenters. The third kappa shape index (κ3) is 2.85. The van der Waals surface area contributed by atoms with Gasteiger partial charge in [0.05, 0.1) is 18.0 Å². The molecule has 0 bridgehead atoms. The third-order valence-corrected chi connectivity index (χ3v) is 2.66. The summed E-state index contributed by atoms with van der Waals surface area (Å²) >= 11 is 0. The lowest BCUT2D eigenvalue weighted by atomic mass is 10.3. The molecular weight excluding hydrogens is 233 g/mol. The van der Waals surface area contributed by atoms with E-state index >= 15 is 0 Å². The van der Waals surface area contributed by atoms with Crippen molar-refractivity contribution in [2.45, 2.75) is 18.9 Å². The molecule has 4 nitrogen and oxygen atoms in total. The van der Waals surface area contributed by atoms with E-state index in [1.165, 1.54) is 18.2 Å². The SMILES string of the molecule is CS(=O)(=O)Nc1cccc(F)c1OC1CC1. The second kappa shape index (κ2) is 3.93. The fourth-order valence-corrected chi connectivity index (χ4v) is 1.82. The standard InChI is InChI=1S/C10H12FNO3S/c1-16(13,14)12-9-4-2-3-8(11)10(9)15-7-5-6-7/h2-4,7,12H,5-6H2,1H3. The number of hydrogen-bond donors (Lipinski definition) is 1. The van der Waals surface area contributed by atoms with Crippen LogP contribution in [0.5, 0.6) is 5.75 Å². The number of sulfonamides is 1. The van der Waals surface area contributed by atoms with Crippen LogP contribution in [0.4, 0.5) is 10.1 Å². The van der Waals surface area contributed by atoms with Crippen LogP contribution in [-0.2, 0) is 10.0 Å². The van der Waals surface area contributed by atoms with Crippen LogP contribution in [-0.4, -0.2) is 20.8 Å². The molecule has 16 heavy (non-hydrogen) atoms. The Balaban J connectivity index is 2.31. The van der Waals surface area contributed by atoms with E-state index in [9.17, 15) is 12.8 Å². The van der Waals surface area contributed by atoms with Crippen LogP contribution in [0.2, 0.25) is 0 Å². The largest absolute Gasteiger partial charge is 0.485 e. The normalized spacial score (nSPS) is 15.9. The molecular formula is C10H12FNO3S. The Bertz CT molecular complexity index is 497. The number of para-hydroxylation sites is 1. The lowest BCUT2D eigenvalue weighted by Gasteiger charge is -2.12. The Hall–Kier alpha value is -1.30. The summed E-state index contributed by atoms with van der Waals surface area (Å²) in [6, 6.07) is 4.15. The number of anilines is 1. The summed E-state index contributed by atoms with van der Waals surface area (Å²) < 4.78 is 43.2. The van der Waals surface area contributed by atoms with Crippen molar-refractivity contribution in [3.05, 3.63) is 24.0 Å². The zero-order valence-corrected chi connectivity index (χ0v) is 9.55. The Morgan fingerprint density at radius 3 is 2.69 bits per heavy atom. The predicted octanol–water partition coefficient (Wildman–Crippen LogP) is 1.74. The summed E-state index contributed by atoms with van der Waals surface area (Å²) in [7, 11) is -3.43. The van der Waals surface area contributed by atoms with Crippen LogP contribution in [0.25, 0.3) is 0 Å². The summed E-state index contributed by atoms with van der Waals surface area (Å²) in [6.45, 7) is 0. The molecule has 0 aliphatic heterocycles. The summed E-state index contributed by atoms with van der Waals surface area (Å²) in [5.74, 6) is -0.573. The molecule has 1 aliphatic carbocycles. The van der Waals surface area contributed by atoms with Gasteiger partial charge in [-0.15, -0.1) is 0 Å². The van der Waals surface area contributed by atoms with Gasteiger partial charge in [-0.05, 0) is 25.0 Å². The van der Waals surface area contributed by atoms with Gasteiger partial charge in [-0.3, -0.25) is 4.72 Å². The predicted molar refractivity (Wildman–Crippen MR) is 58.5 cm³/mol. The van der Waals surface area contributed by atoms with Crippen molar-refractivity contribution >= 4 is 15.7 Å². The number of rotatable bonds is 4. The highest BCUT2D eigenvalue weighted by molar-refractivity contribution is 7.92. The number of nitrogens with one attached hydrogen (secondary N) is 1. The molecule has 1 N–H and O–H groups in total. The number of ether oxygens (including phenoxy) is 1. The van der Waals surface area contributed by atoms with E-state index in [-0.39, 0.29) is 17.5 Å². The first-order chi connectivity index (χ1) is 7.46. The number of hydrogen-bond acceptors (Lipinski definition) is 3. The molecule has 1 fully saturated rings. The van der Waals surface area contributed by atoms with Crippen molar-refractivity contribution in [1.29, 1.82) is 0 Å². The number of halogens is 1. The minimum Gasteiger partial charge on any atom is -0.485 e. The van der Waals surface area contributed by atoms with E-state index in [0.717, 1.165) is 19.1 Å². The van der Waals surface area contributed by atoms with Crippen molar-refractivity contribution in [3.63, 3.8) is 0 Å². The van der Waals surface area contributed by atoms with Gasteiger partial charge in [-0.1, -0.05) is 6.07 Å². The maximum atomic E-state index is 13.5. The monoisotopic (exact) mass is 245 g/mol. The van der Waals surface area contributed by atoms with Crippen LogP contribution in [0, 0.1) is 5.82 Å². The Morgan fingerprint density at radius 1 is 1.44 bits per heavy atom. The lowest BCUT2D eigenvalue weighted by molar-refractivity contribution is 0.289. The van der Waals surface area contributed by atoms with Crippen molar-refractivity contribution in [2.75, 3.05) is 11.0 Å². The first kappa shape index (κ1) is 11.2. The second-order valence-electron chi connectivity index (χ2n) is 3.81. The van der Waals surface area contributed by atoms with Gasteiger partial charge < -0.3 is 4.74 Å². The molecule has 2 rings (SSSR count). The highest BCUT2D eigenvalue weighted by Crippen LogP contribution is 2.34. The van der Waals surface area contributed by atoms with E-state index in [4.69, 9.17) is 4.74 Å². The van der Waals surface area contributed by atoms with E-state index < -0.39 is 15.8 Å². The molecule has 0 heterocycles. The Kier molecular flexibility index (Phi) is 2.75. The smallest absolute Gasteiger partial charge is 0.229 e. The fraction of sp³-hybridized carbons (Fsp3) is 0.400. The first-order valence-corrected chi connectivity index (χ1v) is 6.78. The van der Waals surface area contributed by atoms with Crippen molar-refractivity contribution in [2.24, 2.45) is 0 Å². The van der Waals surface area contributed by atoms with Crippen LogP contribution >= 0.6 is 0 Å². The zero-order valence-electron chi connectivity index (χ0n) is 8.73. The Labute approximate surface area is 93.5 Å². The quantitative estimate of drug-likeness (QED) is 0.879. The molecule has 88 valence electrons. The van der Waals surface area contributed by atoms with Crippen LogP contribution < -0.4 is 9.46 Å².